The Balaban J connectivity index is 1.36. The first-order valence-electron chi connectivity index (χ1n) is 10.2. The van der Waals surface area contributed by atoms with Crippen LogP contribution in [0.25, 0.3) is 12.2 Å². The molecule has 0 bridgehead atoms. The topological polar surface area (TPSA) is 18.5 Å². The standard InChI is InChI=1S/C26H30O2/c1-25(2)21(15-13-19-9-5-7-11-23(19)25)17-27-28-18-22-16-14-20-10-6-8-12-24(20)26(22,3)4/h5-16,21-22H,17-18H2,1-4H3. The van der Waals surface area contributed by atoms with Crippen molar-refractivity contribution in [2.24, 2.45) is 11.8 Å². The van der Waals surface area contributed by atoms with Crippen LogP contribution >= 0.6 is 0 Å². The Morgan fingerprint density at radius 1 is 0.643 bits per heavy atom. The summed E-state index contributed by atoms with van der Waals surface area (Å²) in [5.74, 6) is 0.580. The molecule has 28 heavy (non-hydrogen) atoms. The molecule has 0 saturated carbocycles. The lowest BCUT2D eigenvalue weighted by Crippen LogP contribution is -2.35. The number of fused-ring (bicyclic) bond motifs is 2. The van der Waals surface area contributed by atoms with Crippen LogP contribution in [-0.4, -0.2) is 13.2 Å². The molecular formula is C26H30O2. The molecule has 0 N–H and O–H groups in total. The molecule has 2 heteroatoms. The van der Waals surface area contributed by atoms with Crippen LogP contribution < -0.4 is 0 Å². The lowest BCUT2D eigenvalue weighted by atomic mass is 9.69. The number of hydrogen-bond acceptors (Lipinski definition) is 2. The zero-order valence-corrected chi connectivity index (χ0v) is 17.3. The van der Waals surface area contributed by atoms with E-state index in [1.54, 1.807) is 0 Å². The summed E-state index contributed by atoms with van der Waals surface area (Å²) in [6, 6.07) is 17.2. The second-order valence-electron chi connectivity index (χ2n) is 9.12. The molecule has 0 heterocycles. The highest BCUT2D eigenvalue weighted by atomic mass is 17.2. The minimum Gasteiger partial charge on any atom is -0.236 e. The van der Waals surface area contributed by atoms with E-state index in [0.29, 0.717) is 13.2 Å². The Labute approximate surface area is 168 Å². The molecule has 0 fully saturated rings. The van der Waals surface area contributed by atoms with Gasteiger partial charge in [0.05, 0.1) is 13.2 Å². The molecule has 2 atom stereocenters. The largest absolute Gasteiger partial charge is 0.236 e. The molecule has 0 spiro atoms. The van der Waals surface area contributed by atoms with Crippen molar-refractivity contribution in [1.29, 1.82) is 0 Å². The summed E-state index contributed by atoms with van der Waals surface area (Å²) < 4.78 is 0. The molecule has 2 aliphatic carbocycles. The van der Waals surface area contributed by atoms with Crippen LogP contribution in [0.4, 0.5) is 0 Å². The van der Waals surface area contributed by atoms with E-state index in [0.717, 1.165) is 0 Å². The van der Waals surface area contributed by atoms with Gasteiger partial charge in [0, 0.05) is 11.8 Å². The highest BCUT2D eigenvalue weighted by Gasteiger charge is 2.35. The van der Waals surface area contributed by atoms with E-state index in [9.17, 15) is 0 Å². The average Bonchev–Trinajstić information content (AvgIpc) is 2.68. The first kappa shape index (κ1) is 19.2. The molecule has 2 aliphatic rings. The second kappa shape index (κ2) is 7.35. The van der Waals surface area contributed by atoms with Gasteiger partial charge in [-0.3, -0.25) is 0 Å². The third-order valence-electron chi connectivity index (χ3n) is 6.76. The van der Waals surface area contributed by atoms with Crippen molar-refractivity contribution >= 4 is 12.2 Å². The predicted molar refractivity (Wildman–Crippen MR) is 116 cm³/mol. The van der Waals surface area contributed by atoms with Gasteiger partial charge >= 0.3 is 0 Å². The molecule has 2 aromatic rings. The Kier molecular flexibility index (Phi) is 5.03. The Morgan fingerprint density at radius 3 is 1.46 bits per heavy atom. The molecule has 2 aromatic carbocycles. The monoisotopic (exact) mass is 374 g/mol. The molecule has 0 aromatic heterocycles. The van der Waals surface area contributed by atoms with Gasteiger partial charge in [0.25, 0.3) is 0 Å². The summed E-state index contributed by atoms with van der Waals surface area (Å²) in [6.45, 7) is 10.3. The van der Waals surface area contributed by atoms with E-state index >= 15 is 0 Å². The van der Waals surface area contributed by atoms with Gasteiger partial charge in [0.15, 0.2) is 0 Å². The number of rotatable bonds is 5. The average molecular weight is 375 g/mol. The fourth-order valence-electron chi connectivity index (χ4n) is 4.55. The van der Waals surface area contributed by atoms with Crippen LogP contribution in [0.1, 0.15) is 49.9 Å². The molecule has 0 amide bonds. The molecule has 146 valence electrons. The van der Waals surface area contributed by atoms with E-state index in [1.807, 2.05) is 0 Å². The second-order valence-corrected chi connectivity index (χ2v) is 9.12. The van der Waals surface area contributed by atoms with E-state index in [2.05, 4.69) is 101 Å². The lowest BCUT2D eigenvalue weighted by molar-refractivity contribution is -0.307. The predicted octanol–water partition coefficient (Wildman–Crippen LogP) is 6.18. The Morgan fingerprint density at radius 2 is 1.04 bits per heavy atom. The minimum absolute atomic E-state index is 0.0255. The van der Waals surface area contributed by atoms with Gasteiger partial charge in [-0.2, -0.15) is 0 Å². The summed E-state index contributed by atoms with van der Waals surface area (Å²) in [5, 5.41) is 0. The highest BCUT2D eigenvalue weighted by Crippen LogP contribution is 2.41. The molecule has 0 saturated heterocycles. The fourth-order valence-corrected chi connectivity index (χ4v) is 4.55. The quantitative estimate of drug-likeness (QED) is 0.354. The zero-order valence-electron chi connectivity index (χ0n) is 17.3. The van der Waals surface area contributed by atoms with Crippen LogP contribution in [-0.2, 0) is 20.6 Å². The van der Waals surface area contributed by atoms with Crippen LogP contribution in [0.2, 0.25) is 0 Å². The highest BCUT2D eigenvalue weighted by molar-refractivity contribution is 5.60. The first-order chi connectivity index (χ1) is 13.4. The van der Waals surface area contributed by atoms with Gasteiger partial charge < -0.3 is 0 Å². The minimum atomic E-state index is 0.0255. The van der Waals surface area contributed by atoms with Crippen LogP contribution in [0.15, 0.2) is 60.7 Å². The van der Waals surface area contributed by atoms with Crippen molar-refractivity contribution in [3.8, 4) is 0 Å². The number of benzene rings is 2. The van der Waals surface area contributed by atoms with Crippen LogP contribution in [0.3, 0.4) is 0 Å². The molecule has 4 rings (SSSR count). The summed E-state index contributed by atoms with van der Waals surface area (Å²) in [4.78, 5) is 11.4. The first-order valence-corrected chi connectivity index (χ1v) is 10.2. The Bertz CT molecular complexity index is 829. The molecule has 0 radical (unpaired) electrons. The van der Waals surface area contributed by atoms with Gasteiger partial charge in [-0.05, 0) is 33.1 Å². The third kappa shape index (κ3) is 3.36. The summed E-state index contributed by atoms with van der Waals surface area (Å²) in [7, 11) is 0. The van der Waals surface area contributed by atoms with Gasteiger partial charge in [-0.25, -0.2) is 9.78 Å². The van der Waals surface area contributed by atoms with Crippen molar-refractivity contribution in [3.63, 3.8) is 0 Å². The number of hydrogen-bond donors (Lipinski definition) is 0. The van der Waals surface area contributed by atoms with Gasteiger partial charge in [-0.1, -0.05) is 101 Å². The Hall–Kier alpha value is -2.16. The third-order valence-corrected chi connectivity index (χ3v) is 6.76. The van der Waals surface area contributed by atoms with Gasteiger partial charge in [0.1, 0.15) is 0 Å². The molecule has 0 aliphatic heterocycles. The van der Waals surface area contributed by atoms with Crippen molar-refractivity contribution in [3.05, 3.63) is 82.9 Å². The van der Waals surface area contributed by atoms with E-state index < -0.39 is 0 Å². The maximum atomic E-state index is 5.72. The lowest BCUT2D eigenvalue weighted by Gasteiger charge is -2.38. The normalized spacial score (nSPS) is 23.9. The van der Waals surface area contributed by atoms with Crippen molar-refractivity contribution < 1.29 is 9.78 Å². The van der Waals surface area contributed by atoms with Crippen molar-refractivity contribution in [1.82, 2.24) is 0 Å². The van der Waals surface area contributed by atoms with E-state index in [1.165, 1.54) is 22.3 Å². The summed E-state index contributed by atoms with van der Waals surface area (Å²) >= 11 is 0. The maximum Gasteiger partial charge on any atom is 0.0893 e. The molecule has 2 nitrogen and oxygen atoms in total. The van der Waals surface area contributed by atoms with E-state index in [-0.39, 0.29) is 22.7 Å². The maximum absolute atomic E-state index is 5.72. The zero-order chi connectivity index (χ0) is 19.8. The smallest absolute Gasteiger partial charge is 0.0893 e. The van der Waals surface area contributed by atoms with Crippen LogP contribution in [0, 0.1) is 11.8 Å². The van der Waals surface area contributed by atoms with E-state index in [4.69, 9.17) is 9.78 Å². The fraction of sp³-hybridized carbons (Fsp3) is 0.385. The van der Waals surface area contributed by atoms with Gasteiger partial charge in [-0.15, -0.1) is 0 Å². The van der Waals surface area contributed by atoms with Crippen LogP contribution in [0.5, 0.6) is 0 Å². The van der Waals surface area contributed by atoms with Gasteiger partial charge in [0.2, 0.25) is 0 Å². The molecule has 2 unspecified atom stereocenters. The SMILES string of the molecule is CC1(C)c2ccccc2C=CC1COOCC1C=Cc2ccccc2C1(C)C. The van der Waals surface area contributed by atoms with Crippen molar-refractivity contribution in [2.45, 2.75) is 38.5 Å². The summed E-state index contributed by atoms with van der Waals surface area (Å²) in [5.41, 5.74) is 5.41. The molecular weight excluding hydrogens is 344 g/mol. The van der Waals surface area contributed by atoms with Crippen molar-refractivity contribution in [2.75, 3.05) is 13.2 Å². The summed E-state index contributed by atoms with van der Waals surface area (Å²) in [6.07, 6.45) is 8.93.